The zero-order valence-electron chi connectivity index (χ0n) is 17.4. The van der Waals surface area contributed by atoms with Gasteiger partial charge in [0.15, 0.2) is 11.5 Å². The SMILES string of the molecule is CCOc1cc(C=NNC(=O)Nc2ccccc2C)cc(Br)c1OCc1ccccc1. The lowest BCUT2D eigenvalue weighted by molar-refractivity contribution is 0.252. The van der Waals surface area contributed by atoms with Gasteiger partial charge in [-0.3, -0.25) is 0 Å². The zero-order valence-corrected chi connectivity index (χ0v) is 19.0. The van der Waals surface area contributed by atoms with Crippen LogP contribution in [-0.2, 0) is 6.61 Å². The van der Waals surface area contributed by atoms with Crippen molar-refractivity contribution < 1.29 is 14.3 Å². The third-order valence-corrected chi connectivity index (χ3v) is 4.92. The van der Waals surface area contributed by atoms with Gasteiger partial charge in [-0.15, -0.1) is 0 Å². The van der Waals surface area contributed by atoms with E-state index in [1.54, 1.807) is 6.21 Å². The van der Waals surface area contributed by atoms with E-state index in [1.807, 2.05) is 80.6 Å². The number of aryl methyl sites for hydroxylation is 1. The molecule has 0 aromatic heterocycles. The number of rotatable bonds is 8. The Bertz CT molecular complexity index is 1060. The lowest BCUT2D eigenvalue weighted by atomic mass is 10.2. The monoisotopic (exact) mass is 481 g/mol. The van der Waals surface area contributed by atoms with Gasteiger partial charge in [0.1, 0.15) is 6.61 Å². The van der Waals surface area contributed by atoms with Crippen molar-refractivity contribution in [2.45, 2.75) is 20.5 Å². The number of carbonyl (C=O) groups is 1. The van der Waals surface area contributed by atoms with Crippen LogP contribution in [-0.4, -0.2) is 18.9 Å². The van der Waals surface area contributed by atoms with Gasteiger partial charge in [0.25, 0.3) is 0 Å². The molecule has 0 saturated heterocycles. The van der Waals surface area contributed by atoms with Gasteiger partial charge in [0.05, 0.1) is 17.3 Å². The molecular weight excluding hydrogens is 458 g/mol. The Labute approximate surface area is 190 Å². The van der Waals surface area contributed by atoms with E-state index >= 15 is 0 Å². The van der Waals surface area contributed by atoms with Gasteiger partial charge in [-0.05, 0) is 64.7 Å². The maximum Gasteiger partial charge on any atom is 0.339 e. The number of nitrogens with zero attached hydrogens (tertiary/aromatic N) is 1. The molecule has 2 amide bonds. The Morgan fingerprint density at radius 3 is 2.55 bits per heavy atom. The summed E-state index contributed by atoms with van der Waals surface area (Å²) in [4.78, 5) is 12.1. The second kappa shape index (κ2) is 11.2. The van der Waals surface area contributed by atoms with Crippen molar-refractivity contribution >= 4 is 33.9 Å². The Kier molecular flexibility index (Phi) is 8.06. The number of hydrogen-bond donors (Lipinski definition) is 2. The van der Waals surface area contributed by atoms with Crippen LogP contribution < -0.4 is 20.2 Å². The maximum absolute atomic E-state index is 12.1. The molecule has 0 heterocycles. The number of hydrazone groups is 1. The average molecular weight is 482 g/mol. The summed E-state index contributed by atoms with van der Waals surface area (Å²) < 4.78 is 12.5. The summed E-state index contributed by atoms with van der Waals surface area (Å²) in [5.74, 6) is 1.21. The smallest absolute Gasteiger partial charge is 0.339 e. The number of amides is 2. The van der Waals surface area contributed by atoms with Gasteiger partial charge in [-0.25, -0.2) is 10.2 Å². The Morgan fingerprint density at radius 2 is 1.81 bits per heavy atom. The quantitative estimate of drug-likeness (QED) is 0.311. The van der Waals surface area contributed by atoms with Crippen LogP contribution in [0.3, 0.4) is 0 Å². The Morgan fingerprint density at radius 1 is 1.06 bits per heavy atom. The molecule has 0 aliphatic heterocycles. The molecule has 0 aliphatic carbocycles. The molecule has 0 fully saturated rings. The van der Waals surface area contributed by atoms with E-state index in [-0.39, 0.29) is 0 Å². The fourth-order valence-electron chi connectivity index (χ4n) is 2.82. The van der Waals surface area contributed by atoms with Crippen LogP contribution >= 0.6 is 15.9 Å². The van der Waals surface area contributed by atoms with Crippen LogP contribution in [0.5, 0.6) is 11.5 Å². The van der Waals surface area contributed by atoms with Gasteiger partial charge < -0.3 is 14.8 Å². The largest absolute Gasteiger partial charge is 0.490 e. The number of hydrogen-bond acceptors (Lipinski definition) is 4. The summed E-state index contributed by atoms with van der Waals surface area (Å²) in [5, 5.41) is 6.79. The van der Waals surface area contributed by atoms with Crippen molar-refractivity contribution in [3.63, 3.8) is 0 Å². The van der Waals surface area contributed by atoms with E-state index < -0.39 is 6.03 Å². The molecule has 0 radical (unpaired) electrons. The molecule has 0 unspecified atom stereocenters. The highest BCUT2D eigenvalue weighted by Crippen LogP contribution is 2.37. The van der Waals surface area contributed by atoms with Crippen LogP contribution in [0.1, 0.15) is 23.6 Å². The molecule has 7 heteroatoms. The fourth-order valence-corrected chi connectivity index (χ4v) is 3.40. The third kappa shape index (κ3) is 6.58. The number of halogens is 1. The van der Waals surface area contributed by atoms with Crippen molar-refractivity contribution in [1.29, 1.82) is 0 Å². The van der Waals surface area contributed by atoms with Gasteiger partial charge in [-0.1, -0.05) is 48.5 Å². The minimum absolute atomic E-state index is 0.419. The van der Waals surface area contributed by atoms with Crippen molar-refractivity contribution in [1.82, 2.24) is 5.43 Å². The lowest BCUT2D eigenvalue weighted by Gasteiger charge is -2.14. The summed E-state index contributed by atoms with van der Waals surface area (Å²) in [7, 11) is 0. The van der Waals surface area contributed by atoms with Crippen molar-refractivity contribution in [3.05, 3.63) is 87.9 Å². The molecule has 3 rings (SSSR count). The standard InChI is InChI=1S/C24H24BrN3O3/c1-3-30-22-14-19(13-20(25)23(22)31-16-18-10-5-4-6-11-18)15-26-28-24(29)27-21-12-8-7-9-17(21)2/h4-15H,3,16H2,1-2H3,(H2,27,28,29). The summed E-state index contributed by atoms with van der Waals surface area (Å²) in [6.07, 6.45) is 1.55. The number of para-hydroxylation sites is 1. The molecule has 0 atom stereocenters. The van der Waals surface area contributed by atoms with Crippen LogP contribution in [0, 0.1) is 6.92 Å². The number of ether oxygens (including phenoxy) is 2. The van der Waals surface area contributed by atoms with E-state index in [0.29, 0.717) is 24.7 Å². The first-order valence-electron chi connectivity index (χ1n) is 9.85. The second-order valence-corrected chi connectivity index (χ2v) is 7.53. The first kappa shape index (κ1) is 22.4. The van der Waals surface area contributed by atoms with Crippen LogP contribution in [0.15, 0.2) is 76.3 Å². The van der Waals surface area contributed by atoms with E-state index in [2.05, 4.69) is 31.8 Å². The predicted octanol–water partition coefficient (Wildman–Crippen LogP) is 5.89. The molecule has 160 valence electrons. The van der Waals surface area contributed by atoms with E-state index in [4.69, 9.17) is 9.47 Å². The average Bonchev–Trinajstić information content (AvgIpc) is 2.76. The van der Waals surface area contributed by atoms with E-state index in [1.165, 1.54) is 0 Å². The molecule has 0 aliphatic rings. The first-order chi connectivity index (χ1) is 15.1. The van der Waals surface area contributed by atoms with Gasteiger partial charge in [0.2, 0.25) is 0 Å². The van der Waals surface area contributed by atoms with Gasteiger partial charge in [0, 0.05) is 5.69 Å². The highest BCUT2D eigenvalue weighted by atomic mass is 79.9. The number of anilines is 1. The Hall–Kier alpha value is -3.32. The van der Waals surface area contributed by atoms with Crippen molar-refractivity contribution in [2.24, 2.45) is 5.10 Å². The topological polar surface area (TPSA) is 72.0 Å². The highest BCUT2D eigenvalue weighted by Gasteiger charge is 2.12. The third-order valence-electron chi connectivity index (χ3n) is 4.33. The molecule has 3 aromatic rings. The number of carbonyl (C=O) groups excluding carboxylic acids is 1. The molecule has 2 N–H and O–H groups in total. The normalized spacial score (nSPS) is 10.7. The van der Waals surface area contributed by atoms with Gasteiger partial charge in [-0.2, -0.15) is 5.10 Å². The number of urea groups is 1. The lowest BCUT2D eigenvalue weighted by Crippen LogP contribution is -2.24. The summed E-state index contributed by atoms with van der Waals surface area (Å²) in [6, 6.07) is 20.7. The second-order valence-electron chi connectivity index (χ2n) is 6.68. The maximum atomic E-state index is 12.1. The fraction of sp³-hybridized carbons (Fsp3) is 0.167. The summed E-state index contributed by atoms with van der Waals surface area (Å²) in [6.45, 7) is 4.75. The van der Waals surface area contributed by atoms with Crippen LogP contribution in [0.4, 0.5) is 10.5 Å². The molecule has 3 aromatic carbocycles. The highest BCUT2D eigenvalue weighted by molar-refractivity contribution is 9.10. The zero-order chi connectivity index (χ0) is 22.1. The summed E-state index contributed by atoms with van der Waals surface area (Å²) in [5.41, 5.74) is 5.98. The van der Waals surface area contributed by atoms with Crippen molar-refractivity contribution in [2.75, 3.05) is 11.9 Å². The van der Waals surface area contributed by atoms with Crippen molar-refractivity contribution in [3.8, 4) is 11.5 Å². The molecule has 31 heavy (non-hydrogen) atoms. The molecular formula is C24H24BrN3O3. The van der Waals surface area contributed by atoms with Crippen LogP contribution in [0.2, 0.25) is 0 Å². The Balaban J connectivity index is 1.67. The molecule has 0 saturated carbocycles. The molecule has 0 bridgehead atoms. The first-order valence-corrected chi connectivity index (χ1v) is 10.6. The van der Waals surface area contributed by atoms with Gasteiger partial charge >= 0.3 is 6.03 Å². The van der Waals surface area contributed by atoms with Crippen LogP contribution in [0.25, 0.3) is 0 Å². The number of benzene rings is 3. The molecule has 6 nitrogen and oxygen atoms in total. The number of nitrogens with one attached hydrogen (secondary N) is 2. The minimum Gasteiger partial charge on any atom is -0.490 e. The predicted molar refractivity (Wildman–Crippen MR) is 127 cm³/mol. The molecule has 0 spiro atoms. The minimum atomic E-state index is -0.419. The summed E-state index contributed by atoms with van der Waals surface area (Å²) >= 11 is 3.55. The van der Waals surface area contributed by atoms with E-state index in [9.17, 15) is 4.79 Å². The van der Waals surface area contributed by atoms with E-state index in [0.717, 1.165) is 26.9 Å².